The third kappa shape index (κ3) is 3.46. The van der Waals surface area contributed by atoms with Crippen molar-refractivity contribution in [3.63, 3.8) is 0 Å². The van der Waals surface area contributed by atoms with Gasteiger partial charge in [0.05, 0.1) is 12.7 Å². The van der Waals surface area contributed by atoms with Gasteiger partial charge < -0.3 is 9.47 Å². The molecule has 5 heteroatoms. The molecule has 0 unspecified atom stereocenters. The summed E-state index contributed by atoms with van der Waals surface area (Å²) in [5.41, 5.74) is 0.341. The Morgan fingerprint density at radius 3 is 2.53 bits per heavy atom. The molecule has 0 heterocycles. The van der Waals surface area contributed by atoms with Gasteiger partial charge in [0.2, 0.25) is 0 Å². The Bertz CT molecular complexity index is 442. The molecule has 0 aliphatic carbocycles. The van der Waals surface area contributed by atoms with Crippen LogP contribution in [0.3, 0.4) is 0 Å². The smallest absolute Gasteiger partial charge is 0.346 e. The Balaban J connectivity index is 2.98. The number of methoxy groups -OCH3 is 1. The molecule has 0 saturated heterocycles. The van der Waals surface area contributed by atoms with Crippen molar-refractivity contribution in [3.05, 3.63) is 28.8 Å². The number of ether oxygens (including phenoxy) is 2. The van der Waals surface area contributed by atoms with Gasteiger partial charge in [-0.1, -0.05) is 11.6 Å². The summed E-state index contributed by atoms with van der Waals surface area (Å²) >= 11 is 5.79. The van der Waals surface area contributed by atoms with Crippen LogP contribution in [-0.2, 0) is 9.53 Å². The van der Waals surface area contributed by atoms with Crippen molar-refractivity contribution in [1.29, 1.82) is 0 Å². The fourth-order valence-corrected chi connectivity index (χ4v) is 1.46. The van der Waals surface area contributed by atoms with E-state index in [9.17, 15) is 9.59 Å². The third-order valence-corrected chi connectivity index (χ3v) is 2.39. The summed E-state index contributed by atoms with van der Waals surface area (Å²) in [6.07, 6.45) is -0.778. The lowest BCUT2D eigenvalue weighted by Crippen LogP contribution is -2.25. The summed E-state index contributed by atoms with van der Waals surface area (Å²) in [5, 5.41) is 0.438. The van der Waals surface area contributed by atoms with Crippen molar-refractivity contribution in [1.82, 2.24) is 0 Å². The highest BCUT2D eigenvalue weighted by Gasteiger charge is 2.18. The lowest BCUT2D eigenvalue weighted by molar-refractivity contribution is -0.147. The highest BCUT2D eigenvalue weighted by molar-refractivity contribution is 6.31. The van der Waals surface area contributed by atoms with Crippen LogP contribution in [0.4, 0.5) is 0 Å². The summed E-state index contributed by atoms with van der Waals surface area (Å²) in [6.45, 7) is 2.95. The average molecular weight is 257 g/mol. The van der Waals surface area contributed by atoms with E-state index in [1.807, 2.05) is 0 Å². The molecular formula is C12H13ClO4. The second-order valence-electron chi connectivity index (χ2n) is 3.48. The molecule has 0 bridgehead atoms. The van der Waals surface area contributed by atoms with E-state index in [1.54, 1.807) is 19.1 Å². The molecule has 0 spiro atoms. The van der Waals surface area contributed by atoms with Crippen molar-refractivity contribution >= 4 is 23.4 Å². The quantitative estimate of drug-likeness (QED) is 0.613. The lowest BCUT2D eigenvalue weighted by atomic mass is 10.1. The van der Waals surface area contributed by atoms with Gasteiger partial charge in [-0.15, -0.1) is 0 Å². The first kappa shape index (κ1) is 13.5. The summed E-state index contributed by atoms with van der Waals surface area (Å²) in [5.74, 6) is -0.367. The predicted molar refractivity (Wildman–Crippen MR) is 63.6 cm³/mol. The van der Waals surface area contributed by atoms with Gasteiger partial charge in [0.25, 0.3) is 0 Å². The number of Topliss-reactive ketones (excluding diaryl/α,β-unsaturated/α-hetero) is 1. The van der Waals surface area contributed by atoms with E-state index in [0.29, 0.717) is 16.3 Å². The van der Waals surface area contributed by atoms with E-state index < -0.39 is 12.1 Å². The van der Waals surface area contributed by atoms with Crippen LogP contribution < -0.4 is 4.74 Å². The highest BCUT2D eigenvalue weighted by Crippen LogP contribution is 2.24. The van der Waals surface area contributed by atoms with Crippen LogP contribution in [0.2, 0.25) is 5.02 Å². The number of benzene rings is 1. The number of hydrogen-bond donors (Lipinski definition) is 0. The molecule has 0 amide bonds. The van der Waals surface area contributed by atoms with E-state index in [4.69, 9.17) is 16.3 Å². The standard InChI is InChI=1S/C12H13ClO4/c1-7(14)10-6-9(13)4-5-11(10)17-8(2)12(15)16-3/h4-6,8H,1-3H3/t8-/m1/s1. The first-order chi connectivity index (χ1) is 7.95. The van der Waals surface area contributed by atoms with Gasteiger partial charge in [-0.25, -0.2) is 4.79 Å². The second kappa shape index (κ2) is 5.68. The van der Waals surface area contributed by atoms with E-state index in [-0.39, 0.29) is 5.78 Å². The SMILES string of the molecule is COC(=O)[C@@H](C)Oc1ccc(Cl)cc1C(C)=O. The first-order valence-electron chi connectivity index (χ1n) is 5.00. The number of rotatable bonds is 4. The first-order valence-corrected chi connectivity index (χ1v) is 5.38. The molecule has 1 aromatic carbocycles. The minimum atomic E-state index is -0.778. The van der Waals surface area contributed by atoms with Gasteiger partial charge in [0, 0.05) is 5.02 Å². The molecule has 1 rings (SSSR count). The van der Waals surface area contributed by atoms with Gasteiger partial charge >= 0.3 is 5.97 Å². The molecule has 1 aromatic rings. The van der Waals surface area contributed by atoms with Crippen molar-refractivity contribution < 1.29 is 19.1 Å². The Morgan fingerprint density at radius 2 is 2.00 bits per heavy atom. The Labute approximate surface area is 104 Å². The van der Waals surface area contributed by atoms with Crippen LogP contribution in [0.5, 0.6) is 5.75 Å². The molecule has 1 atom stereocenters. The van der Waals surface area contributed by atoms with E-state index in [2.05, 4.69) is 4.74 Å². The molecule has 17 heavy (non-hydrogen) atoms. The predicted octanol–water partition coefficient (Wildman–Crippen LogP) is 2.48. The largest absolute Gasteiger partial charge is 0.478 e. The molecule has 92 valence electrons. The number of hydrogen-bond acceptors (Lipinski definition) is 4. The van der Waals surface area contributed by atoms with Gasteiger partial charge in [-0.05, 0) is 32.0 Å². The molecule has 0 aliphatic heterocycles. The molecule has 0 aliphatic rings. The molecule has 0 N–H and O–H groups in total. The van der Waals surface area contributed by atoms with Gasteiger partial charge in [-0.3, -0.25) is 4.79 Å². The lowest BCUT2D eigenvalue weighted by Gasteiger charge is -2.14. The Kier molecular flexibility index (Phi) is 4.52. The number of ketones is 1. The topological polar surface area (TPSA) is 52.6 Å². The zero-order valence-corrected chi connectivity index (χ0v) is 10.6. The summed E-state index contributed by atoms with van der Waals surface area (Å²) in [4.78, 5) is 22.6. The number of carbonyl (C=O) groups is 2. The van der Waals surface area contributed by atoms with Gasteiger partial charge in [-0.2, -0.15) is 0 Å². The Hall–Kier alpha value is -1.55. The van der Waals surface area contributed by atoms with Crippen molar-refractivity contribution in [2.24, 2.45) is 0 Å². The van der Waals surface area contributed by atoms with E-state index in [0.717, 1.165) is 0 Å². The molecule has 4 nitrogen and oxygen atoms in total. The number of halogens is 1. The van der Waals surface area contributed by atoms with Gasteiger partial charge in [0.15, 0.2) is 11.9 Å². The maximum absolute atomic E-state index is 11.4. The van der Waals surface area contributed by atoms with Crippen LogP contribution in [0.25, 0.3) is 0 Å². The minimum absolute atomic E-state index is 0.181. The zero-order chi connectivity index (χ0) is 13.0. The minimum Gasteiger partial charge on any atom is -0.478 e. The van der Waals surface area contributed by atoms with Crippen LogP contribution in [-0.4, -0.2) is 25.0 Å². The van der Waals surface area contributed by atoms with Gasteiger partial charge in [0.1, 0.15) is 5.75 Å². The van der Waals surface area contributed by atoms with Crippen molar-refractivity contribution in [3.8, 4) is 5.75 Å². The maximum Gasteiger partial charge on any atom is 0.346 e. The number of esters is 1. The average Bonchev–Trinajstić information content (AvgIpc) is 2.29. The molecular weight excluding hydrogens is 244 g/mol. The van der Waals surface area contributed by atoms with E-state index >= 15 is 0 Å². The van der Waals surface area contributed by atoms with Crippen LogP contribution in [0.1, 0.15) is 24.2 Å². The molecule has 0 saturated carbocycles. The van der Waals surface area contributed by atoms with E-state index in [1.165, 1.54) is 20.1 Å². The monoisotopic (exact) mass is 256 g/mol. The second-order valence-corrected chi connectivity index (χ2v) is 3.92. The van der Waals surface area contributed by atoms with Crippen LogP contribution in [0.15, 0.2) is 18.2 Å². The highest BCUT2D eigenvalue weighted by atomic mass is 35.5. The summed E-state index contributed by atoms with van der Waals surface area (Å²) in [6, 6.07) is 4.65. The maximum atomic E-state index is 11.4. The molecule has 0 fully saturated rings. The number of carbonyl (C=O) groups excluding carboxylic acids is 2. The third-order valence-electron chi connectivity index (χ3n) is 2.16. The van der Waals surface area contributed by atoms with Crippen LogP contribution >= 0.6 is 11.6 Å². The Morgan fingerprint density at radius 1 is 1.35 bits per heavy atom. The van der Waals surface area contributed by atoms with Crippen molar-refractivity contribution in [2.75, 3.05) is 7.11 Å². The normalized spacial score (nSPS) is 11.8. The zero-order valence-electron chi connectivity index (χ0n) is 9.82. The summed E-state index contributed by atoms with van der Waals surface area (Å²) in [7, 11) is 1.27. The fraction of sp³-hybridized carbons (Fsp3) is 0.333. The van der Waals surface area contributed by atoms with Crippen LogP contribution in [0, 0.1) is 0 Å². The van der Waals surface area contributed by atoms with Crippen molar-refractivity contribution in [2.45, 2.75) is 20.0 Å². The summed E-state index contributed by atoms with van der Waals surface area (Å²) < 4.78 is 9.89. The fourth-order valence-electron chi connectivity index (χ4n) is 1.28. The molecule has 0 aromatic heterocycles. The molecule has 0 radical (unpaired) electrons.